The summed E-state index contributed by atoms with van der Waals surface area (Å²) in [4.78, 5) is 6.00. The molecule has 0 fully saturated rings. The van der Waals surface area contributed by atoms with E-state index in [1.807, 2.05) is 41.6 Å². The van der Waals surface area contributed by atoms with Gasteiger partial charge in [0.15, 0.2) is 0 Å². The molecule has 5 nitrogen and oxygen atoms in total. The van der Waals surface area contributed by atoms with Crippen LogP contribution in [0.4, 0.5) is 16.5 Å². The molecule has 2 rings (SSSR count). The van der Waals surface area contributed by atoms with Gasteiger partial charge in [0, 0.05) is 30.9 Å². The van der Waals surface area contributed by atoms with E-state index in [1.165, 1.54) is 11.3 Å². The molecule has 0 aliphatic heterocycles. The standard InChI is InChI=1S/C12H14N4OS/c1-16(7-8-17)11-4-2-10(3-5-11)14-15-12-13-6-9-18-12/h2-6,9,17H,7-8H2,1H3. The molecule has 1 N–H and O–H groups in total. The van der Waals surface area contributed by atoms with Crippen molar-refractivity contribution in [3.05, 3.63) is 35.8 Å². The van der Waals surface area contributed by atoms with Gasteiger partial charge in [-0.15, -0.1) is 21.6 Å². The number of anilines is 1. The van der Waals surface area contributed by atoms with Crippen molar-refractivity contribution in [2.45, 2.75) is 0 Å². The van der Waals surface area contributed by atoms with E-state index in [2.05, 4.69) is 15.2 Å². The summed E-state index contributed by atoms with van der Waals surface area (Å²) in [5, 5.41) is 19.5. The number of hydrogen-bond donors (Lipinski definition) is 1. The summed E-state index contributed by atoms with van der Waals surface area (Å²) in [6, 6.07) is 7.68. The van der Waals surface area contributed by atoms with Crippen LogP contribution in [0.5, 0.6) is 0 Å². The van der Waals surface area contributed by atoms with E-state index in [0.717, 1.165) is 11.4 Å². The lowest BCUT2D eigenvalue weighted by Gasteiger charge is -2.17. The van der Waals surface area contributed by atoms with Gasteiger partial charge < -0.3 is 10.0 Å². The fourth-order valence-corrected chi connectivity index (χ4v) is 1.87. The number of azo groups is 1. The molecule has 0 bridgehead atoms. The summed E-state index contributed by atoms with van der Waals surface area (Å²) >= 11 is 1.45. The third kappa shape index (κ3) is 3.35. The van der Waals surface area contributed by atoms with Crippen LogP contribution >= 0.6 is 11.3 Å². The molecule has 6 heteroatoms. The van der Waals surface area contributed by atoms with Gasteiger partial charge in [0.2, 0.25) is 5.13 Å². The Morgan fingerprint density at radius 1 is 1.28 bits per heavy atom. The first-order chi connectivity index (χ1) is 8.79. The quantitative estimate of drug-likeness (QED) is 0.843. The molecule has 0 saturated heterocycles. The second-order valence-corrected chi connectivity index (χ2v) is 4.55. The summed E-state index contributed by atoms with van der Waals surface area (Å²) < 4.78 is 0. The summed E-state index contributed by atoms with van der Waals surface area (Å²) in [7, 11) is 1.93. The number of aliphatic hydroxyl groups is 1. The van der Waals surface area contributed by atoms with Crippen molar-refractivity contribution < 1.29 is 5.11 Å². The predicted molar refractivity (Wildman–Crippen MR) is 73.1 cm³/mol. The Morgan fingerprint density at radius 3 is 2.67 bits per heavy atom. The number of benzene rings is 1. The van der Waals surface area contributed by atoms with Gasteiger partial charge in [-0.1, -0.05) is 0 Å². The van der Waals surface area contributed by atoms with Gasteiger partial charge >= 0.3 is 0 Å². The summed E-state index contributed by atoms with van der Waals surface area (Å²) in [6.45, 7) is 0.752. The predicted octanol–water partition coefficient (Wildman–Crippen LogP) is 2.99. The van der Waals surface area contributed by atoms with Crippen molar-refractivity contribution in [3.8, 4) is 0 Å². The highest BCUT2D eigenvalue weighted by Gasteiger charge is 1.99. The van der Waals surface area contributed by atoms with E-state index >= 15 is 0 Å². The van der Waals surface area contributed by atoms with Gasteiger partial charge in [0.05, 0.1) is 12.3 Å². The van der Waals surface area contributed by atoms with Crippen molar-refractivity contribution in [1.29, 1.82) is 0 Å². The molecule has 0 spiro atoms. The van der Waals surface area contributed by atoms with Gasteiger partial charge in [0.1, 0.15) is 0 Å². The van der Waals surface area contributed by atoms with Crippen LogP contribution in [-0.4, -0.2) is 30.3 Å². The molecule has 0 aliphatic rings. The molecule has 18 heavy (non-hydrogen) atoms. The van der Waals surface area contributed by atoms with Gasteiger partial charge in [-0.05, 0) is 24.3 Å². The highest BCUT2D eigenvalue weighted by molar-refractivity contribution is 7.13. The van der Waals surface area contributed by atoms with Gasteiger partial charge in [-0.25, -0.2) is 4.98 Å². The number of rotatable bonds is 5. The van der Waals surface area contributed by atoms with E-state index in [9.17, 15) is 0 Å². The average Bonchev–Trinajstić information content (AvgIpc) is 2.90. The fraction of sp³-hybridized carbons (Fsp3) is 0.250. The second-order valence-electron chi connectivity index (χ2n) is 3.68. The average molecular weight is 262 g/mol. The molecule has 94 valence electrons. The SMILES string of the molecule is CN(CCO)c1ccc(N=Nc2nccs2)cc1. The molecule has 0 atom stereocenters. The molecule has 0 amide bonds. The van der Waals surface area contributed by atoms with E-state index in [0.29, 0.717) is 11.7 Å². The molecular weight excluding hydrogens is 248 g/mol. The minimum absolute atomic E-state index is 0.141. The van der Waals surface area contributed by atoms with Crippen LogP contribution < -0.4 is 4.90 Å². The highest BCUT2D eigenvalue weighted by atomic mass is 32.1. The molecule has 0 aliphatic carbocycles. The molecular formula is C12H14N4OS. The zero-order chi connectivity index (χ0) is 12.8. The lowest BCUT2D eigenvalue weighted by molar-refractivity contribution is 0.304. The molecule has 1 heterocycles. The molecule has 2 aromatic rings. The van der Waals surface area contributed by atoms with Crippen LogP contribution in [-0.2, 0) is 0 Å². The monoisotopic (exact) mass is 262 g/mol. The maximum Gasteiger partial charge on any atom is 0.229 e. The Bertz CT molecular complexity index is 495. The number of aromatic nitrogens is 1. The first-order valence-corrected chi connectivity index (χ1v) is 6.41. The number of thiazole rings is 1. The van der Waals surface area contributed by atoms with Crippen molar-refractivity contribution in [2.75, 3.05) is 25.1 Å². The molecule has 1 aromatic carbocycles. The number of nitrogens with zero attached hydrogens (tertiary/aromatic N) is 4. The summed E-state index contributed by atoms with van der Waals surface area (Å²) in [6.07, 6.45) is 1.70. The Kier molecular flexibility index (Phi) is 4.38. The minimum Gasteiger partial charge on any atom is -0.395 e. The topological polar surface area (TPSA) is 61.1 Å². The van der Waals surface area contributed by atoms with Crippen LogP contribution in [0.1, 0.15) is 0 Å². The smallest absolute Gasteiger partial charge is 0.229 e. The Morgan fingerprint density at radius 2 is 2.06 bits per heavy atom. The Hall–Kier alpha value is -1.79. The van der Waals surface area contributed by atoms with Gasteiger partial charge in [-0.2, -0.15) is 0 Å². The van der Waals surface area contributed by atoms with E-state index < -0.39 is 0 Å². The van der Waals surface area contributed by atoms with Crippen LogP contribution in [0.3, 0.4) is 0 Å². The zero-order valence-electron chi connectivity index (χ0n) is 10.0. The second kappa shape index (κ2) is 6.23. The first-order valence-electron chi connectivity index (χ1n) is 5.53. The lowest BCUT2D eigenvalue weighted by atomic mass is 10.2. The first kappa shape index (κ1) is 12.7. The van der Waals surface area contributed by atoms with Gasteiger partial charge in [-0.3, -0.25) is 0 Å². The minimum atomic E-state index is 0.141. The summed E-state index contributed by atoms with van der Waals surface area (Å²) in [5.74, 6) is 0. The van der Waals surface area contributed by atoms with Crippen LogP contribution in [0.25, 0.3) is 0 Å². The maximum atomic E-state index is 8.86. The van der Waals surface area contributed by atoms with E-state index in [-0.39, 0.29) is 6.61 Å². The van der Waals surface area contributed by atoms with Gasteiger partial charge in [0.25, 0.3) is 0 Å². The van der Waals surface area contributed by atoms with Crippen LogP contribution in [0, 0.1) is 0 Å². The van der Waals surface area contributed by atoms with Crippen LogP contribution in [0.2, 0.25) is 0 Å². The highest BCUT2D eigenvalue weighted by Crippen LogP contribution is 2.22. The van der Waals surface area contributed by atoms with E-state index in [1.54, 1.807) is 6.20 Å². The molecule has 1 aromatic heterocycles. The van der Waals surface area contributed by atoms with Crippen molar-refractivity contribution in [3.63, 3.8) is 0 Å². The molecule has 0 saturated carbocycles. The number of hydrogen-bond acceptors (Lipinski definition) is 6. The zero-order valence-corrected chi connectivity index (χ0v) is 10.8. The largest absolute Gasteiger partial charge is 0.395 e. The van der Waals surface area contributed by atoms with Crippen molar-refractivity contribution in [2.24, 2.45) is 10.2 Å². The van der Waals surface area contributed by atoms with E-state index in [4.69, 9.17) is 5.11 Å². The third-order valence-electron chi connectivity index (χ3n) is 2.40. The van der Waals surface area contributed by atoms with Crippen molar-refractivity contribution >= 4 is 27.8 Å². The Balaban J connectivity index is 2.03. The van der Waals surface area contributed by atoms with Crippen LogP contribution in [0.15, 0.2) is 46.1 Å². The fourth-order valence-electron chi connectivity index (χ4n) is 1.42. The Labute approximate surface area is 109 Å². The number of aliphatic hydroxyl groups excluding tert-OH is 1. The molecule has 0 radical (unpaired) electrons. The maximum absolute atomic E-state index is 8.86. The summed E-state index contributed by atoms with van der Waals surface area (Å²) in [5.41, 5.74) is 1.82. The lowest BCUT2D eigenvalue weighted by Crippen LogP contribution is -2.20. The van der Waals surface area contributed by atoms with Crippen molar-refractivity contribution in [1.82, 2.24) is 4.98 Å². The third-order valence-corrected chi connectivity index (χ3v) is 3.05. The number of likely N-dealkylation sites (N-methyl/N-ethyl adjacent to an activating group) is 1. The normalized spacial score (nSPS) is 11.0. The molecule has 0 unspecified atom stereocenters.